The Kier molecular flexibility index (Phi) is 2.10. The number of hydrogen-bond donors (Lipinski definition) is 2. The predicted molar refractivity (Wildman–Crippen MR) is 53.7 cm³/mol. The summed E-state index contributed by atoms with van der Waals surface area (Å²) in [6.45, 7) is 1.60. The van der Waals surface area contributed by atoms with Crippen molar-refractivity contribution in [2.24, 2.45) is 0 Å². The lowest BCUT2D eigenvalue weighted by molar-refractivity contribution is 0.198. The molecule has 0 spiro atoms. The Morgan fingerprint density at radius 1 is 1.38 bits per heavy atom. The molecule has 70 valence electrons. The molecule has 1 saturated heterocycles. The number of nitrogens with zero attached hydrogens (tertiary/aromatic N) is 1. The van der Waals surface area contributed by atoms with Crippen molar-refractivity contribution in [2.75, 3.05) is 23.7 Å². The SMILES string of the molecule is Nc1ccccc1N1CC[C@@H](O)C1. The molecule has 3 heteroatoms. The van der Waals surface area contributed by atoms with Crippen LogP contribution in [0.25, 0.3) is 0 Å². The fourth-order valence-electron chi connectivity index (χ4n) is 1.74. The van der Waals surface area contributed by atoms with Gasteiger partial charge in [-0.2, -0.15) is 0 Å². The zero-order chi connectivity index (χ0) is 9.26. The van der Waals surface area contributed by atoms with Gasteiger partial charge in [-0.15, -0.1) is 0 Å². The van der Waals surface area contributed by atoms with Crippen molar-refractivity contribution in [3.63, 3.8) is 0 Å². The number of β-amino-alcohol motifs (C(OH)–C–C–N with tert-alkyl or cyclic N) is 1. The third kappa shape index (κ3) is 1.60. The van der Waals surface area contributed by atoms with Crippen molar-refractivity contribution < 1.29 is 5.11 Å². The molecule has 0 unspecified atom stereocenters. The second kappa shape index (κ2) is 3.26. The van der Waals surface area contributed by atoms with E-state index in [1.807, 2.05) is 24.3 Å². The van der Waals surface area contributed by atoms with E-state index in [0.29, 0.717) is 6.54 Å². The Morgan fingerprint density at radius 2 is 2.15 bits per heavy atom. The molecule has 1 aromatic carbocycles. The lowest BCUT2D eigenvalue weighted by atomic mass is 10.2. The number of anilines is 2. The highest BCUT2D eigenvalue weighted by Gasteiger charge is 2.21. The number of rotatable bonds is 1. The minimum atomic E-state index is -0.195. The summed E-state index contributed by atoms with van der Waals surface area (Å²) in [5, 5.41) is 9.37. The van der Waals surface area contributed by atoms with Gasteiger partial charge in [-0.25, -0.2) is 0 Å². The first-order chi connectivity index (χ1) is 6.27. The van der Waals surface area contributed by atoms with Gasteiger partial charge < -0.3 is 15.7 Å². The third-order valence-corrected chi connectivity index (χ3v) is 2.44. The highest BCUT2D eigenvalue weighted by atomic mass is 16.3. The summed E-state index contributed by atoms with van der Waals surface area (Å²) >= 11 is 0. The van der Waals surface area contributed by atoms with Gasteiger partial charge in [0.25, 0.3) is 0 Å². The molecule has 1 aliphatic rings. The number of aliphatic hydroxyl groups is 1. The molecule has 1 atom stereocenters. The van der Waals surface area contributed by atoms with E-state index in [0.717, 1.165) is 24.3 Å². The minimum absolute atomic E-state index is 0.195. The van der Waals surface area contributed by atoms with Crippen LogP contribution in [-0.4, -0.2) is 24.3 Å². The zero-order valence-corrected chi connectivity index (χ0v) is 7.48. The molecule has 0 aliphatic carbocycles. The highest BCUT2D eigenvalue weighted by molar-refractivity contribution is 5.67. The van der Waals surface area contributed by atoms with E-state index in [1.165, 1.54) is 0 Å². The molecule has 0 bridgehead atoms. The number of para-hydroxylation sites is 2. The van der Waals surface area contributed by atoms with Gasteiger partial charge in [0.1, 0.15) is 0 Å². The van der Waals surface area contributed by atoms with Crippen LogP contribution in [-0.2, 0) is 0 Å². The Morgan fingerprint density at radius 3 is 2.77 bits per heavy atom. The van der Waals surface area contributed by atoms with Crippen LogP contribution in [0.15, 0.2) is 24.3 Å². The van der Waals surface area contributed by atoms with E-state index < -0.39 is 0 Å². The van der Waals surface area contributed by atoms with Gasteiger partial charge >= 0.3 is 0 Å². The monoisotopic (exact) mass is 178 g/mol. The first-order valence-corrected chi connectivity index (χ1v) is 4.55. The number of nitrogen functional groups attached to an aromatic ring is 1. The normalized spacial score (nSPS) is 22.2. The van der Waals surface area contributed by atoms with E-state index in [2.05, 4.69) is 4.90 Å². The fraction of sp³-hybridized carbons (Fsp3) is 0.400. The lowest BCUT2D eigenvalue weighted by Gasteiger charge is -2.19. The summed E-state index contributed by atoms with van der Waals surface area (Å²) in [5.74, 6) is 0. The quantitative estimate of drug-likeness (QED) is 0.626. The molecule has 13 heavy (non-hydrogen) atoms. The molecule has 1 aliphatic heterocycles. The van der Waals surface area contributed by atoms with Crippen molar-refractivity contribution in [3.8, 4) is 0 Å². The smallest absolute Gasteiger partial charge is 0.0731 e. The third-order valence-electron chi connectivity index (χ3n) is 2.44. The maximum atomic E-state index is 9.37. The molecule has 3 nitrogen and oxygen atoms in total. The summed E-state index contributed by atoms with van der Waals surface area (Å²) in [7, 11) is 0. The van der Waals surface area contributed by atoms with Crippen LogP contribution < -0.4 is 10.6 Å². The zero-order valence-electron chi connectivity index (χ0n) is 7.48. The predicted octanol–water partition coefficient (Wildman–Crippen LogP) is 0.840. The average Bonchev–Trinajstić information content (AvgIpc) is 2.53. The second-order valence-electron chi connectivity index (χ2n) is 3.45. The molecule has 0 amide bonds. The van der Waals surface area contributed by atoms with Gasteiger partial charge in [0, 0.05) is 13.1 Å². The van der Waals surface area contributed by atoms with Crippen LogP contribution in [0.2, 0.25) is 0 Å². The van der Waals surface area contributed by atoms with Crippen LogP contribution in [0, 0.1) is 0 Å². The molecule has 3 N–H and O–H groups in total. The lowest BCUT2D eigenvalue weighted by Crippen LogP contribution is -2.21. The van der Waals surface area contributed by atoms with E-state index in [-0.39, 0.29) is 6.10 Å². The summed E-state index contributed by atoms with van der Waals surface area (Å²) in [4.78, 5) is 2.12. The van der Waals surface area contributed by atoms with Gasteiger partial charge in [0.15, 0.2) is 0 Å². The van der Waals surface area contributed by atoms with Crippen LogP contribution in [0.1, 0.15) is 6.42 Å². The summed E-state index contributed by atoms with van der Waals surface area (Å²) in [6, 6.07) is 7.77. The Balaban J connectivity index is 2.21. The molecule has 2 rings (SSSR count). The van der Waals surface area contributed by atoms with Crippen LogP contribution >= 0.6 is 0 Å². The number of nitrogens with two attached hydrogens (primary N) is 1. The van der Waals surface area contributed by atoms with Crippen LogP contribution in [0.3, 0.4) is 0 Å². The molecule has 1 fully saturated rings. The highest BCUT2D eigenvalue weighted by Crippen LogP contribution is 2.25. The first kappa shape index (κ1) is 8.38. The number of aliphatic hydroxyl groups excluding tert-OH is 1. The summed E-state index contributed by atoms with van der Waals surface area (Å²) in [5.41, 5.74) is 7.65. The van der Waals surface area contributed by atoms with Crippen molar-refractivity contribution in [1.29, 1.82) is 0 Å². The fourth-order valence-corrected chi connectivity index (χ4v) is 1.74. The summed E-state index contributed by atoms with van der Waals surface area (Å²) in [6.07, 6.45) is 0.647. The maximum Gasteiger partial charge on any atom is 0.0731 e. The molecular formula is C10H14N2O. The number of hydrogen-bond acceptors (Lipinski definition) is 3. The molecule has 1 heterocycles. The van der Waals surface area contributed by atoms with Crippen LogP contribution in [0.4, 0.5) is 11.4 Å². The molecule has 0 radical (unpaired) electrons. The topological polar surface area (TPSA) is 49.5 Å². The van der Waals surface area contributed by atoms with E-state index in [4.69, 9.17) is 5.73 Å². The molecule has 0 saturated carbocycles. The van der Waals surface area contributed by atoms with Gasteiger partial charge in [0.2, 0.25) is 0 Å². The molecular weight excluding hydrogens is 164 g/mol. The van der Waals surface area contributed by atoms with E-state index in [1.54, 1.807) is 0 Å². The Hall–Kier alpha value is -1.22. The Bertz CT molecular complexity index is 301. The first-order valence-electron chi connectivity index (χ1n) is 4.55. The Labute approximate surface area is 77.8 Å². The van der Waals surface area contributed by atoms with Crippen molar-refractivity contribution in [1.82, 2.24) is 0 Å². The number of benzene rings is 1. The van der Waals surface area contributed by atoms with Gasteiger partial charge in [-0.05, 0) is 18.6 Å². The maximum absolute atomic E-state index is 9.37. The van der Waals surface area contributed by atoms with Gasteiger partial charge in [-0.3, -0.25) is 0 Å². The van der Waals surface area contributed by atoms with E-state index in [9.17, 15) is 5.11 Å². The largest absolute Gasteiger partial charge is 0.397 e. The van der Waals surface area contributed by atoms with Crippen molar-refractivity contribution in [2.45, 2.75) is 12.5 Å². The molecule has 0 aromatic heterocycles. The standard InChI is InChI=1S/C10H14N2O/c11-9-3-1-2-4-10(9)12-6-5-8(13)7-12/h1-4,8,13H,5-7,11H2/t8-/m1/s1. The van der Waals surface area contributed by atoms with Crippen LogP contribution in [0.5, 0.6) is 0 Å². The van der Waals surface area contributed by atoms with E-state index >= 15 is 0 Å². The second-order valence-corrected chi connectivity index (χ2v) is 3.45. The van der Waals surface area contributed by atoms with Crippen molar-refractivity contribution >= 4 is 11.4 Å². The molecule has 1 aromatic rings. The average molecular weight is 178 g/mol. The van der Waals surface area contributed by atoms with Crippen molar-refractivity contribution in [3.05, 3.63) is 24.3 Å². The van der Waals surface area contributed by atoms with Gasteiger partial charge in [-0.1, -0.05) is 12.1 Å². The minimum Gasteiger partial charge on any atom is -0.397 e. The van der Waals surface area contributed by atoms with Gasteiger partial charge in [0.05, 0.1) is 17.5 Å². The summed E-state index contributed by atoms with van der Waals surface area (Å²) < 4.78 is 0.